The maximum atomic E-state index is 11.8. The topological polar surface area (TPSA) is 103 Å². The first-order chi connectivity index (χ1) is 11.0. The van der Waals surface area contributed by atoms with Crippen molar-refractivity contribution in [3.63, 3.8) is 0 Å². The number of carboxylic acids is 2. The van der Waals surface area contributed by atoms with Crippen LogP contribution < -0.4 is 5.01 Å². The molecule has 2 N–H and O–H groups in total. The van der Waals surface area contributed by atoms with E-state index in [0.717, 1.165) is 5.69 Å². The minimum atomic E-state index is -1.55. The molecule has 7 nitrogen and oxygen atoms in total. The molecule has 2 aromatic carbocycles. The summed E-state index contributed by atoms with van der Waals surface area (Å²) in [7, 11) is 0. The standard InChI is InChI=1S/C16H13N3O4/c20-14(21)11-6-8-12(9-7-11)16(15(22)23)10-19(18-17-16)13-4-2-1-3-5-13/h1-9H,10H2,(H,20,21)(H,22,23). The van der Waals surface area contributed by atoms with E-state index in [4.69, 9.17) is 5.11 Å². The fraction of sp³-hybridized carbons (Fsp3) is 0.125. The molecule has 0 aromatic heterocycles. The number of anilines is 1. The van der Waals surface area contributed by atoms with Crippen LogP contribution in [0.2, 0.25) is 0 Å². The molecule has 1 unspecified atom stereocenters. The second kappa shape index (κ2) is 5.53. The lowest BCUT2D eigenvalue weighted by molar-refractivity contribution is -0.142. The lowest BCUT2D eigenvalue weighted by Crippen LogP contribution is -2.39. The van der Waals surface area contributed by atoms with Gasteiger partial charge in [-0.05, 0) is 29.8 Å². The Hall–Kier alpha value is -3.22. The molecule has 0 saturated carbocycles. The zero-order chi connectivity index (χ0) is 16.4. The summed E-state index contributed by atoms with van der Waals surface area (Å²) in [5.41, 5.74) is -0.338. The Morgan fingerprint density at radius 1 is 1.00 bits per heavy atom. The minimum Gasteiger partial charge on any atom is -0.479 e. The zero-order valence-corrected chi connectivity index (χ0v) is 12.0. The van der Waals surface area contributed by atoms with Gasteiger partial charge in [0.1, 0.15) is 0 Å². The van der Waals surface area contributed by atoms with E-state index in [-0.39, 0.29) is 12.1 Å². The number of carboxylic acid groups (broad SMARTS) is 2. The molecule has 7 heteroatoms. The molecule has 1 aliphatic heterocycles. The summed E-state index contributed by atoms with van der Waals surface area (Å²) in [4.78, 5) is 22.7. The highest BCUT2D eigenvalue weighted by Gasteiger charge is 2.47. The Labute approximate surface area is 131 Å². The van der Waals surface area contributed by atoms with Crippen molar-refractivity contribution in [3.05, 3.63) is 65.7 Å². The number of benzene rings is 2. The van der Waals surface area contributed by atoms with Crippen molar-refractivity contribution in [2.24, 2.45) is 10.3 Å². The third-order valence-corrected chi connectivity index (χ3v) is 3.72. The van der Waals surface area contributed by atoms with Gasteiger partial charge in [0.15, 0.2) is 0 Å². The van der Waals surface area contributed by atoms with Crippen LogP contribution in [0.5, 0.6) is 0 Å². The lowest BCUT2D eigenvalue weighted by atomic mass is 9.90. The first kappa shape index (κ1) is 14.7. The van der Waals surface area contributed by atoms with Gasteiger partial charge in [0, 0.05) is 0 Å². The molecular weight excluding hydrogens is 298 g/mol. The predicted molar refractivity (Wildman–Crippen MR) is 81.4 cm³/mol. The summed E-state index contributed by atoms with van der Waals surface area (Å²) in [5, 5.41) is 28.1. The molecule has 1 atom stereocenters. The minimum absolute atomic E-state index is 0.0404. The van der Waals surface area contributed by atoms with Crippen LogP contribution in [-0.4, -0.2) is 28.7 Å². The van der Waals surface area contributed by atoms with Crippen LogP contribution in [0.15, 0.2) is 64.9 Å². The molecular formula is C16H13N3O4. The number of aliphatic carboxylic acids is 1. The summed E-state index contributed by atoms with van der Waals surface area (Å²) >= 11 is 0. The SMILES string of the molecule is O=C(O)c1ccc(C2(C(=O)O)CN(c3ccccc3)N=N2)cc1. The van der Waals surface area contributed by atoms with Crippen molar-refractivity contribution in [1.82, 2.24) is 0 Å². The van der Waals surface area contributed by atoms with Crippen LogP contribution in [0.4, 0.5) is 5.69 Å². The molecule has 116 valence electrons. The van der Waals surface area contributed by atoms with Crippen LogP contribution in [0, 0.1) is 0 Å². The van der Waals surface area contributed by atoms with Gasteiger partial charge in [-0.3, -0.25) is 0 Å². The fourth-order valence-electron chi connectivity index (χ4n) is 2.42. The summed E-state index contributed by atoms with van der Waals surface area (Å²) < 4.78 is 0. The molecule has 0 radical (unpaired) electrons. The molecule has 3 rings (SSSR count). The highest BCUT2D eigenvalue weighted by molar-refractivity contribution is 5.88. The van der Waals surface area contributed by atoms with Crippen molar-refractivity contribution in [2.45, 2.75) is 5.54 Å². The molecule has 2 aromatic rings. The summed E-state index contributed by atoms with van der Waals surface area (Å²) in [5.74, 6) is -2.21. The van der Waals surface area contributed by atoms with E-state index in [9.17, 15) is 14.7 Å². The molecule has 0 fully saturated rings. The maximum absolute atomic E-state index is 11.8. The van der Waals surface area contributed by atoms with Crippen LogP contribution in [0.25, 0.3) is 0 Å². The van der Waals surface area contributed by atoms with Gasteiger partial charge in [-0.1, -0.05) is 35.6 Å². The summed E-state index contributed by atoms with van der Waals surface area (Å²) in [6.45, 7) is 0.0404. The van der Waals surface area contributed by atoms with Crippen molar-refractivity contribution in [3.8, 4) is 0 Å². The number of hydrogen-bond acceptors (Lipinski definition) is 5. The molecule has 0 amide bonds. The van der Waals surface area contributed by atoms with Gasteiger partial charge in [0.05, 0.1) is 17.8 Å². The van der Waals surface area contributed by atoms with Crippen molar-refractivity contribution in [2.75, 3.05) is 11.6 Å². The molecule has 0 saturated heterocycles. The molecule has 0 spiro atoms. The highest BCUT2D eigenvalue weighted by Crippen LogP contribution is 2.35. The van der Waals surface area contributed by atoms with Crippen molar-refractivity contribution < 1.29 is 19.8 Å². The van der Waals surface area contributed by atoms with E-state index in [2.05, 4.69) is 10.3 Å². The zero-order valence-electron chi connectivity index (χ0n) is 12.0. The first-order valence-electron chi connectivity index (χ1n) is 6.85. The predicted octanol–water partition coefficient (Wildman–Crippen LogP) is 2.55. The average molecular weight is 311 g/mol. The van der Waals surface area contributed by atoms with Crippen molar-refractivity contribution >= 4 is 17.6 Å². The molecule has 1 aliphatic rings. The third-order valence-electron chi connectivity index (χ3n) is 3.72. The van der Waals surface area contributed by atoms with E-state index in [1.165, 1.54) is 29.3 Å². The Morgan fingerprint density at radius 3 is 2.22 bits per heavy atom. The van der Waals surface area contributed by atoms with Gasteiger partial charge in [-0.25, -0.2) is 14.6 Å². The quantitative estimate of drug-likeness (QED) is 0.903. The Morgan fingerprint density at radius 2 is 1.65 bits per heavy atom. The first-order valence-corrected chi connectivity index (χ1v) is 6.85. The van der Waals surface area contributed by atoms with E-state index < -0.39 is 17.5 Å². The second-order valence-corrected chi connectivity index (χ2v) is 5.13. The van der Waals surface area contributed by atoms with Gasteiger partial charge < -0.3 is 10.2 Å². The average Bonchev–Trinajstić information content (AvgIpc) is 3.02. The number of rotatable bonds is 4. The van der Waals surface area contributed by atoms with E-state index >= 15 is 0 Å². The van der Waals surface area contributed by atoms with Gasteiger partial charge in [0.2, 0.25) is 5.54 Å². The van der Waals surface area contributed by atoms with Crippen LogP contribution in [0.3, 0.4) is 0 Å². The lowest BCUT2D eigenvalue weighted by Gasteiger charge is -2.22. The Kier molecular flexibility index (Phi) is 3.53. The molecule has 1 heterocycles. The number of aromatic carboxylic acids is 1. The maximum Gasteiger partial charge on any atom is 0.340 e. The van der Waals surface area contributed by atoms with Gasteiger partial charge in [0.25, 0.3) is 0 Å². The van der Waals surface area contributed by atoms with Crippen molar-refractivity contribution in [1.29, 1.82) is 0 Å². The summed E-state index contributed by atoms with van der Waals surface area (Å²) in [6.07, 6.45) is 0. The number of nitrogens with zero attached hydrogens (tertiary/aromatic N) is 3. The highest BCUT2D eigenvalue weighted by atomic mass is 16.4. The molecule has 0 bridgehead atoms. The summed E-state index contributed by atoms with van der Waals surface area (Å²) in [6, 6.07) is 14.8. The Balaban J connectivity index is 1.95. The van der Waals surface area contributed by atoms with E-state index in [1.54, 1.807) is 0 Å². The van der Waals surface area contributed by atoms with E-state index in [1.807, 2.05) is 30.3 Å². The largest absolute Gasteiger partial charge is 0.479 e. The van der Waals surface area contributed by atoms with Gasteiger partial charge in [-0.15, -0.1) is 5.11 Å². The number of hydrogen-bond donors (Lipinski definition) is 2. The Bertz CT molecular complexity index is 774. The smallest absolute Gasteiger partial charge is 0.340 e. The third kappa shape index (κ3) is 2.52. The second-order valence-electron chi connectivity index (χ2n) is 5.13. The number of para-hydroxylation sites is 1. The van der Waals surface area contributed by atoms with E-state index in [0.29, 0.717) is 5.56 Å². The fourth-order valence-corrected chi connectivity index (χ4v) is 2.42. The number of carbonyl (C=O) groups is 2. The van der Waals surface area contributed by atoms with Crippen LogP contribution in [0.1, 0.15) is 15.9 Å². The monoisotopic (exact) mass is 311 g/mol. The molecule has 0 aliphatic carbocycles. The van der Waals surface area contributed by atoms with Gasteiger partial charge >= 0.3 is 11.9 Å². The molecule has 23 heavy (non-hydrogen) atoms. The van der Waals surface area contributed by atoms with Crippen LogP contribution >= 0.6 is 0 Å². The van der Waals surface area contributed by atoms with Gasteiger partial charge in [-0.2, -0.15) is 0 Å². The van der Waals surface area contributed by atoms with Crippen LogP contribution in [-0.2, 0) is 10.3 Å². The normalized spacial score (nSPS) is 19.7.